The first-order chi connectivity index (χ1) is 22.6. The molecule has 0 bridgehead atoms. The third-order valence-corrected chi connectivity index (χ3v) is 16.2. The number of fused-ring (bicyclic) bond motifs is 4. The summed E-state index contributed by atoms with van der Waals surface area (Å²) in [5.41, 5.74) is 0. The highest BCUT2D eigenvalue weighted by atomic mass is 14.4. The number of hydrogen-bond donors (Lipinski definition) is 0. The molecule has 8 rings (SSSR count). The molecule has 0 nitrogen and oxygen atoms in total. The van der Waals surface area contributed by atoms with Gasteiger partial charge in [-0.2, -0.15) is 0 Å². The van der Waals surface area contributed by atoms with Gasteiger partial charge in [0.15, 0.2) is 0 Å². The summed E-state index contributed by atoms with van der Waals surface area (Å²) in [7, 11) is 0. The molecule has 46 heavy (non-hydrogen) atoms. The van der Waals surface area contributed by atoms with Crippen LogP contribution in [0, 0.1) is 71.0 Å². The molecule has 0 heteroatoms. The van der Waals surface area contributed by atoms with Crippen molar-refractivity contribution in [2.75, 3.05) is 0 Å². The summed E-state index contributed by atoms with van der Waals surface area (Å²) in [5.74, 6) is 13.4. The van der Waals surface area contributed by atoms with Crippen LogP contribution in [0.4, 0.5) is 0 Å². The lowest BCUT2D eigenvalue weighted by Crippen LogP contribution is -2.30. The maximum Gasteiger partial charge on any atom is -0.0358 e. The lowest BCUT2D eigenvalue weighted by atomic mass is 9.65. The summed E-state index contributed by atoms with van der Waals surface area (Å²) >= 11 is 0. The van der Waals surface area contributed by atoms with Crippen LogP contribution in [-0.2, 0) is 0 Å². The summed E-state index contributed by atoms with van der Waals surface area (Å²) in [5, 5.41) is 0. The van der Waals surface area contributed by atoms with Crippen molar-refractivity contribution in [1.82, 2.24) is 0 Å². The zero-order valence-electron chi connectivity index (χ0n) is 32.1. The van der Waals surface area contributed by atoms with E-state index in [1.54, 1.807) is 89.9 Å². The Morgan fingerprint density at radius 2 is 0.826 bits per heavy atom. The molecule has 0 aromatic rings. The van der Waals surface area contributed by atoms with Gasteiger partial charge in [0.2, 0.25) is 0 Å². The fourth-order valence-corrected chi connectivity index (χ4v) is 13.3. The third-order valence-electron chi connectivity index (χ3n) is 16.2. The standard InChI is InChI=1S/2C12H22.2C11H20/c1-2-10-7-5-8-11-6-3-4-9-12(10)11;1-2-10-7-8-11-5-3-4-6-12(11)9-10;1-9-5-4-7-10-6-2-3-8-11(9)10;1-9-6-7-10-4-2-3-5-11(10)8-9/h2*10-12H,2-9H2,1H3;2*9-11H,2-8H2,1H3. The molecule has 0 spiro atoms. The summed E-state index contributed by atoms with van der Waals surface area (Å²) in [4.78, 5) is 0. The van der Waals surface area contributed by atoms with E-state index in [2.05, 4.69) is 27.7 Å². The van der Waals surface area contributed by atoms with Crippen LogP contribution in [0.5, 0.6) is 0 Å². The van der Waals surface area contributed by atoms with Crippen molar-refractivity contribution in [2.45, 2.75) is 220 Å². The normalized spacial score (nSPS) is 43.6. The van der Waals surface area contributed by atoms with Crippen LogP contribution in [0.2, 0.25) is 0 Å². The second kappa shape index (κ2) is 20.0. The highest BCUT2D eigenvalue weighted by Gasteiger charge is 2.35. The molecule has 12 unspecified atom stereocenters. The van der Waals surface area contributed by atoms with E-state index in [9.17, 15) is 0 Å². The monoisotopic (exact) mass is 637 g/mol. The van der Waals surface area contributed by atoms with Gasteiger partial charge in [-0.1, -0.05) is 182 Å². The van der Waals surface area contributed by atoms with Crippen molar-refractivity contribution < 1.29 is 0 Å². The molecule has 0 radical (unpaired) electrons. The third kappa shape index (κ3) is 11.0. The largest absolute Gasteiger partial charge is 0.0651 e. The summed E-state index contributed by atoms with van der Waals surface area (Å²) in [6.07, 6.45) is 46.0. The number of rotatable bonds is 2. The highest BCUT2D eigenvalue weighted by molar-refractivity contribution is 4.86. The van der Waals surface area contributed by atoms with Crippen LogP contribution in [0.15, 0.2) is 0 Å². The summed E-state index contributed by atoms with van der Waals surface area (Å²) in [6.45, 7) is 9.67. The molecule has 8 aliphatic carbocycles. The van der Waals surface area contributed by atoms with Crippen LogP contribution in [-0.4, -0.2) is 0 Å². The Bertz CT molecular complexity index is 783. The van der Waals surface area contributed by atoms with Crippen molar-refractivity contribution in [3.8, 4) is 0 Å². The Morgan fingerprint density at radius 1 is 0.348 bits per heavy atom. The van der Waals surface area contributed by atoms with E-state index in [-0.39, 0.29) is 0 Å². The maximum absolute atomic E-state index is 2.47. The Hall–Kier alpha value is 0. The molecular formula is C46H84. The van der Waals surface area contributed by atoms with Crippen LogP contribution < -0.4 is 0 Å². The van der Waals surface area contributed by atoms with Gasteiger partial charge >= 0.3 is 0 Å². The van der Waals surface area contributed by atoms with Gasteiger partial charge in [-0.25, -0.2) is 0 Å². The van der Waals surface area contributed by atoms with Crippen molar-refractivity contribution in [3.05, 3.63) is 0 Å². The van der Waals surface area contributed by atoms with Gasteiger partial charge in [-0.05, 0) is 110 Å². The van der Waals surface area contributed by atoms with E-state index in [4.69, 9.17) is 0 Å². The van der Waals surface area contributed by atoms with Crippen molar-refractivity contribution in [2.24, 2.45) is 71.0 Å². The van der Waals surface area contributed by atoms with Crippen molar-refractivity contribution in [1.29, 1.82) is 0 Å². The van der Waals surface area contributed by atoms with E-state index in [1.165, 1.54) is 103 Å². The molecule has 0 heterocycles. The molecule has 8 saturated carbocycles. The van der Waals surface area contributed by atoms with Gasteiger partial charge in [-0.15, -0.1) is 0 Å². The lowest BCUT2D eigenvalue weighted by molar-refractivity contribution is 0.101. The molecule has 0 N–H and O–H groups in total. The van der Waals surface area contributed by atoms with Gasteiger partial charge in [-0.3, -0.25) is 0 Å². The first-order valence-corrected chi connectivity index (χ1v) is 22.6. The van der Waals surface area contributed by atoms with Gasteiger partial charge in [0.1, 0.15) is 0 Å². The predicted octanol–water partition coefficient (Wildman–Crippen LogP) is 15.2. The van der Waals surface area contributed by atoms with E-state index in [0.717, 1.165) is 71.0 Å². The molecule has 12 atom stereocenters. The Labute approximate surface area is 290 Å². The van der Waals surface area contributed by atoms with E-state index in [0.29, 0.717) is 0 Å². The first-order valence-electron chi connectivity index (χ1n) is 22.6. The van der Waals surface area contributed by atoms with Crippen molar-refractivity contribution >= 4 is 0 Å². The molecule has 0 aromatic heterocycles. The van der Waals surface area contributed by atoms with Crippen LogP contribution in [0.25, 0.3) is 0 Å². The smallest absolute Gasteiger partial charge is 0.0358 e. The van der Waals surface area contributed by atoms with E-state index in [1.807, 2.05) is 0 Å². The van der Waals surface area contributed by atoms with Gasteiger partial charge in [0, 0.05) is 0 Å². The van der Waals surface area contributed by atoms with Crippen molar-refractivity contribution in [3.63, 3.8) is 0 Å². The Kier molecular flexibility index (Phi) is 16.2. The number of hydrogen-bond acceptors (Lipinski definition) is 0. The molecular weight excluding hydrogens is 553 g/mol. The SMILES string of the molecule is CC1CCC2CCCCC2C1.CC1CCCC2CCCCC12.CCC1CCC2CCCCC2C1.CCC1CCCC2CCCCC12. The molecule has 0 aromatic carbocycles. The molecule has 0 amide bonds. The fourth-order valence-electron chi connectivity index (χ4n) is 13.3. The first kappa shape index (κ1) is 37.3. The minimum Gasteiger partial charge on any atom is -0.0651 e. The molecule has 268 valence electrons. The fraction of sp³-hybridized carbons (Fsp3) is 1.00. The molecule has 0 aliphatic heterocycles. The second-order valence-electron chi connectivity index (χ2n) is 19.0. The minimum absolute atomic E-state index is 1.04. The van der Waals surface area contributed by atoms with Gasteiger partial charge in [0.05, 0.1) is 0 Å². The molecule has 8 aliphatic rings. The van der Waals surface area contributed by atoms with Crippen LogP contribution in [0.3, 0.4) is 0 Å². The summed E-state index contributed by atoms with van der Waals surface area (Å²) < 4.78 is 0. The van der Waals surface area contributed by atoms with Gasteiger partial charge in [0.25, 0.3) is 0 Å². The summed E-state index contributed by atoms with van der Waals surface area (Å²) in [6, 6.07) is 0. The Balaban J connectivity index is 0.000000121. The maximum atomic E-state index is 2.47. The zero-order chi connectivity index (χ0) is 32.1. The predicted molar refractivity (Wildman–Crippen MR) is 203 cm³/mol. The molecule has 8 fully saturated rings. The Morgan fingerprint density at radius 3 is 1.43 bits per heavy atom. The quantitative estimate of drug-likeness (QED) is 0.283. The average molecular weight is 637 g/mol. The van der Waals surface area contributed by atoms with Crippen LogP contribution in [0.1, 0.15) is 220 Å². The topological polar surface area (TPSA) is 0 Å². The van der Waals surface area contributed by atoms with Crippen LogP contribution >= 0.6 is 0 Å². The van der Waals surface area contributed by atoms with E-state index < -0.39 is 0 Å². The zero-order valence-corrected chi connectivity index (χ0v) is 32.1. The van der Waals surface area contributed by atoms with E-state index >= 15 is 0 Å². The molecule has 0 saturated heterocycles. The average Bonchev–Trinajstić information content (AvgIpc) is 3.12. The lowest BCUT2D eigenvalue weighted by Gasteiger charge is -2.41. The second-order valence-corrected chi connectivity index (χ2v) is 19.0. The minimum atomic E-state index is 1.04. The highest BCUT2D eigenvalue weighted by Crippen LogP contribution is 2.46. The van der Waals surface area contributed by atoms with Gasteiger partial charge < -0.3 is 0 Å².